The summed E-state index contributed by atoms with van der Waals surface area (Å²) >= 11 is 0. The first-order chi connectivity index (χ1) is 20.7. The van der Waals surface area contributed by atoms with Crippen molar-refractivity contribution in [1.29, 1.82) is 0 Å². The van der Waals surface area contributed by atoms with Gasteiger partial charge in [-0.2, -0.15) is 0 Å². The van der Waals surface area contributed by atoms with E-state index < -0.39 is 0 Å². The van der Waals surface area contributed by atoms with Crippen molar-refractivity contribution in [2.75, 3.05) is 0 Å². The highest BCUT2D eigenvalue weighted by Gasteiger charge is 2.20. The smallest absolute Gasteiger partial charge is 0.0239 e. The molecule has 0 saturated heterocycles. The highest BCUT2D eigenvalue weighted by atomic mass is 35.5. The van der Waals surface area contributed by atoms with Crippen LogP contribution in [0.25, 0.3) is 0 Å². The summed E-state index contributed by atoms with van der Waals surface area (Å²) in [5.41, 5.74) is 1.48. The van der Waals surface area contributed by atoms with Gasteiger partial charge in [-0.1, -0.05) is 211 Å². The Morgan fingerprint density at radius 3 is 1.00 bits per heavy atom. The molecule has 2 atom stereocenters. The largest absolute Gasteiger partial charge is 0.294 e. The van der Waals surface area contributed by atoms with E-state index in [4.69, 9.17) is 0 Å². The normalized spacial score (nSPS) is 12.9. The molecule has 0 fully saturated rings. The van der Waals surface area contributed by atoms with Crippen LogP contribution >= 0.6 is 12.4 Å². The molecule has 43 heavy (non-hydrogen) atoms. The van der Waals surface area contributed by atoms with Crippen LogP contribution in [0.2, 0.25) is 0 Å². The van der Waals surface area contributed by atoms with Crippen LogP contribution in [0.1, 0.15) is 213 Å². The molecule has 0 spiro atoms. The lowest BCUT2D eigenvalue weighted by Crippen LogP contribution is -2.39. The predicted molar refractivity (Wildman–Crippen MR) is 199 cm³/mol. The number of halogens is 1. The van der Waals surface area contributed by atoms with Gasteiger partial charge in [-0.25, -0.2) is 0 Å². The first-order valence-corrected chi connectivity index (χ1v) is 19.5. The third-order valence-electron chi connectivity index (χ3n) is 9.79. The molecule has 1 aromatic carbocycles. The van der Waals surface area contributed by atoms with Crippen molar-refractivity contribution in [3.05, 3.63) is 35.9 Å². The molecule has 0 saturated carbocycles. The molecule has 0 heterocycles. The van der Waals surface area contributed by atoms with Gasteiger partial charge in [-0.15, -0.1) is 12.4 Å². The van der Waals surface area contributed by atoms with Crippen LogP contribution in [0.15, 0.2) is 30.3 Å². The monoisotopic (exact) mass is 620 g/mol. The molecular weight excluding hydrogens is 542 g/mol. The fraction of sp³-hybridized carbons (Fsp3) is 0.854. The van der Waals surface area contributed by atoms with E-state index in [0.717, 1.165) is 6.54 Å². The molecule has 0 aromatic heterocycles. The Balaban J connectivity index is 0.0000176. The van der Waals surface area contributed by atoms with Crippen molar-refractivity contribution in [3.63, 3.8) is 0 Å². The maximum Gasteiger partial charge on any atom is 0.0239 e. The van der Waals surface area contributed by atoms with E-state index in [1.165, 1.54) is 185 Å². The Morgan fingerprint density at radius 2 is 0.698 bits per heavy atom. The Hall–Kier alpha value is -0.530. The van der Waals surface area contributed by atoms with E-state index in [0.29, 0.717) is 12.1 Å². The molecule has 0 N–H and O–H groups in total. The van der Waals surface area contributed by atoms with E-state index >= 15 is 0 Å². The van der Waals surface area contributed by atoms with E-state index in [9.17, 15) is 0 Å². The fourth-order valence-electron chi connectivity index (χ4n) is 6.79. The van der Waals surface area contributed by atoms with Gasteiger partial charge in [-0.3, -0.25) is 4.90 Å². The topological polar surface area (TPSA) is 3.24 Å². The number of unbranched alkanes of at least 4 members (excludes halogenated alkanes) is 24. The Kier molecular flexibility index (Phi) is 32.4. The molecule has 0 aliphatic heterocycles. The second-order valence-corrected chi connectivity index (χ2v) is 13.9. The zero-order valence-electron chi connectivity index (χ0n) is 29.9. The third kappa shape index (κ3) is 26.4. The second kappa shape index (κ2) is 32.9. The van der Waals surface area contributed by atoms with Gasteiger partial charge >= 0.3 is 0 Å². The van der Waals surface area contributed by atoms with Crippen LogP contribution in [0.4, 0.5) is 0 Å². The van der Waals surface area contributed by atoms with Crippen LogP contribution in [0, 0.1) is 0 Å². The molecule has 0 aliphatic carbocycles. The number of nitrogens with zero attached hydrogens (tertiary/aromatic N) is 1. The van der Waals surface area contributed by atoms with Crippen LogP contribution < -0.4 is 0 Å². The van der Waals surface area contributed by atoms with Gasteiger partial charge in [0, 0.05) is 18.6 Å². The molecule has 0 bridgehead atoms. The lowest BCUT2D eigenvalue weighted by Gasteiger charge is -2.35. The van der Waals surface area contributed by atoms with Gasteiger partial charge in [0.1, 0.15) is 0 Å². The Labute approximate surface area is 278 Å². The Morgan fingerprint density at radius 1 is 0.419 bits per heavy atom. The first kappa shape index (κ1) is 42.5. The van der Waals surface area contributed by atoms with Crippen LogP contribution in [0.3, 0.4) is 0 Å². The minimum atomic E-state index is 0. The zero-order valence-corrected chi connectivity index (χ0v) is 30.7. The van der Waals surface area contributed by atoms with Gasteiger partial charge in [0.25, 0.3) is 0 Å². The number of benzene rings is 1. The molecule has 0 amide bonds. The fourth-order valence-corrected chi connectivity index (χ4v) is 6.79. The van der Waals surface area contributed by atoms with E-state index in [1.54, 1.807) is 0 Å². The summed E-state index contributed by atoms with van der Waals surface area (Å²) < 4.78 is 0. The molecule has 0 radical (unpaired) electrons. The van der Waals surface area contributed by atoms with Gasteiger partial charge in [0.15, 0.2) is 0 Å². The summed E-state index contributed by atoms with van der Waals surface area (Å²) in [6, 6.07) is 12.6. The van der Waals surface area contributed by atoms with Crippen molar-refractivity contribution in [1.82, 2.24) is 4.90 Å². The molecular formula is C41H78ClN. The van der Waals surface area contributed by atoms with Crippen molar-refractivity contribution in [2.24, 2.45) is 0 Å². The molecule has 1 nitrogen and oxygen atoms in total. The summed E-state index contributed by atoms with van der Waals surface area (Å²) in [5.74, 6) is 0. The number of rotatable bonds is 32. The van der Waals surface area contributed by atoms with Crippen LogP contribution in [-0.4, -0.2) is 17.0 Å². The first-order valence-electron chi connectivity index (χ1n) is 19.5. The lowest BCUT2D eigenvalue weighted by molar-refractivity contribution is 0.126. The minimum absolute atomic E-state index is 0. The van der Waals surface area contributed by atoms with Crippen molar-refractivity contribution in [3.8, 4) is 0 Å². The van der Waals surface area contributed by atoms with Gasteiger partial charge in [0.05, 0.1) is 0 Å². The number of hydrogen-bond donors (Lipinski definition) is 0. The zero-order chi connectivity index (χ0) is 30.4. The van der Waals surface area contributed by atoms with Gasteiger partial charge < -0.3 is 0 Å². The predicted octanol–water partition coefficient (Wildman–Crippen LogP) is 14.6. The van der Waals surface area contributed by atoms with E-state index in [1.807, 2.05) is 0 Å². The summed E-state index contributed by atoms with van der Waals surface area (Å²) in [4.78, 5) is 2.83. The van der Waals surface area contributed by atoms with E-state index in [2.05, 4.69) is 62.9 Å². The minimum Gasteiger partial charge on any atom is -0.294 e. The van der Waals surface area contributed by atoms with Crippen molar-refractivity contribution in [2.45, 2.75) is 226 Å². The third-order valence-corrected chi connectivity index (χ3v) is 9.79. The quantitative estimate of drug-likeness (QED) is 0.0725. The van der Waals surface area contributed by atoms with Gasteiger partial charge in [0.2, 0.25) is 0 Å². The molecule has 2 unspecified atom stereocenters. The van der Waals surface area contributed by atoms with Gasteiger partial charge in [-0.05, 0) is 32.3 Å². The standard InChI is InChI=1S/C41H77N.ClH/c1-5-7-9-11-13-15-17-19-21-23-25-27-30-34-39(3)42(38-41-36-32-29-33-37-41)40(4)35-31-28-26-24-22-20-18-16-14-12-10-8-6-2;/h29,32-33,36-37,39-40H,5-28,30-31,34-35,38H2,1-4H3;1H. The summed E-state index contributed by atoms with van der Waals surface area (Å²) in [6.07, 6.45) is 40.2. The van der Waals surface area contributed by atoms with Crippen LogP contribution in [0.5, 0.6) is 0 Å². The maximum atomic E-state index is 2.83. The average molecular weight is 621 g/mol. The second-order valence-electron chi connectivity index (χ2n) is 13.9. The molecule has 2 heteroatoms. The summed E-state index contributed by atoms with van der Waals surface area (Å²) in [6.45, 7) is 10.7. The molecule has 254 valence electrons. The summed E-state index contributed by atoms with van der Waals surface area (Å²) in [7, 11) is 0. The Bertz CT molecular complexity index is 610. The SMILES string of the molecule is CCCCCCCCCCCCCCCC(C)N(Cc1ccccc1)C(C)CCCCCCCCCCCCCCC.Cl. The number of hydrogen-bond acceptors (Lipinski definition) is 1. The van der Waals surface area contributed by atoms with E-state index in [-0.39, 0.29) is 12.4 Å². The van der Waals surface area contributed by atoms with Crippen LogP contribution in [-0.2, 0) is 6.54 Å². The molecule has 1 rings (SSSR count). The highest BCUT2D eigenvalue weighted by molar-refractivity contribution is 5.85. The molecule has 0 aliphatic rings. The average Bonchev–Trinajstić information content (AvgIpc) is 3.00. The summed E-state index contributed by atoms with van der Waals surface area (Å²) in [5, 5.41) is 0. The lowest BCUT2D eigenvalue weighted by atomic mass is 10.00. The highest BCUT2D eigenvalue weighted by Crippen LogP contribution is 2.22. The van der Waals surface area contributed by atoms with Crippen molar-refractivity contribution < 1.29 is 0 Å². The molecule has 1 aromatic rings. The van der Waals surface area contributed by atoms with Crippen molar-refractivity contribution >= 4 is 12.4 Å². The maximum absolute atomic E-state index is 2.83.